The number of hydrogen-bond donors (Lipinski definition) is 2. The van der Waals surface area contributed by atoms with Crippen molar-refractivity contribution in [1.82, 2.24) is 9.88 Å². The smallest absolute Gasteiger partial charge is 0.211 e. The fraction of sp³-hybridized carbons (Fsp3) is 0.450. The highest BCUT2D eigenvalue weighted by Gasteiger charge is 2.13. The van der Waals surface area contributed by atoms with Crippen molar-refractivity contribution in [2.24, 2.45) is 21.7 Å². The van der Waals surface area contributed by atoms with E-state index in [4.69, 9.17) is 16.2 Å². The average Bonchev–Trinajstić information content (AvgIpc) is 3.33. The van der Waals surface area contributed by atoms with E-state index in [0.717, 1.165) is 52.2 Å². The largest absolute Gasteiger partial charge is 0.494 e. The summed E-state index contributed by atoms with van der Waals surface area (Å²) in [5.41, 5.74) is 13.4. The van der Waals surface area contributed by atoms with Gasteiger partial charge in [-0.2, -0.15) is 5.10 Å². The van der Waals surface area contributed by atoms with Gasteiger partial charge in [0.15, 0.2) is 0 Å². The van der Waals surface area contributed by atoms with E-state index in [2.05, 4.69) is 20.1 Å². The minimum Gasteiger partial charge on any atom is -0.494 e. The molecule has 0 saturated carbocycles. The normalized spacial score (nSPS) is 15.0. The number of rotatable bonds is 8. The van der Waals surface area contributed by atoms with Gasteiger partial charge < -0.3 is 21.1 Å². The lowest BCUT2D eigenvalue weighted by molar-refractivity contribution is 0.263. The van der Waals surface area contributed by atoms with Crippen LogP contribution in [0.2, 0.25) is 0 Å². The zero-order chi connectivity index (χ0) is 19.9. The summed E-state index contributed by atoms with van der Waals surface area (Å²) in [4.78, 5) is 8.14. The highest BCUT2D eigenvalue weighted by Crippen LogP contribution is 2.29. The fourth-order valence-corrected chi connectivity index (χ4v) is 4.22. The van der Waals surface area contributed by atoms with Crippen molar-refractivity contribution in [1.29, 1.82) is 0 Å². The summed E-state index contributed by atoms with van der Waals surface area (Å²) in [7, 11) is 0. The summed E-state index contributed by atoms with van der Waals surface area (Å²) in [6, 6.07) is 8.09. The average molecular weight is 401 g/mol. The van der Waals surface area contributed by atoms with Gasteiger partial charge in [0.1, 0.15) is 10.8 Å². The molecule has 1 aromatic carbocycles. The number of nitrogens with zero attached hydrogens (tertiary/aromatic N) is 4. The van der Waals surface area contributed by atoms with Crippen molar-refractivity contribution >= 4 is 23.0 Å². The zero-order valence-corrected chi connectivity index (χ0v) is 17.3. The van der Waals surface area contributed by atoms with Gasteiger partial charge >= 0.3 is 0 Å². The number of benzene rings is 1. The summed E-state index contributed by atoms with van der Waals surface area (Å²) in [5.74, 6) is 0.835. The van der Waals surface area contributed by atoms with E-state index in [1.165, 1.54) is 25.9 Å². The van der Waals surface area contributed by atoms with Gasteiger partial charge in [0.2, 0.25) is 5.96 Å². The molecule has 4 N–H and O–H groups in total. The van der Waals surface area contributed by atoms with Gasteiger partial charge in [0.25, 0.3) is 0 Å². The second-order valence-electron chi connectivity index (χ2n) is 6.92. The Labute approximate surface area is 170 Å². The number of likely N-dealkylation sites (tertiary alicyclic amines) is 1. The first kappa shape index (κ1) is 20.3. The zero-order valence-electron chi connectivity index (χ0n) is 16.5. The third kappa shape index (κ3) is 5.53. The Bertz CT molecular complexity index is 833. The summed E-state index contributed by atoms with van der Waals surface area (Å²) < 4.78 is 5.88. The summed E-state index contributed by atoms with van der Waals surface area (Å²) in [5, 5.41) is 8.70. The van der Waals surface area contributed by atoms with E-state index in [0.29, 0.717) is 0 Å². The van der Waals surface area contributed by atoms with Crippen LogP contribution in [0.5, 0.6) is 5.75 Å². The Morgan fingerprint density at radius 3 is 2.57 bits per heavy atom. The van der Waals surface area contributed by atoms with Crippen LogP contribution in [0.4, 0.5) is 0 Å². The molecule has 3 rings (SSSR count). The molecule has 2 heterocycles. The first-order valence-electron chi connectivity index (χ1n) is 9.59. The molecule has 0 aliphatic carbocycles. The second-order valence-corrected chi connectivity index (χ2v) is 7.92. The van der Waals surface area contributed by atoms with Gasteiger partial charge in [-0.25, -0.2) is 4.98 Å². The predicted molar refractivity (Wildman–Crippen MR) is 116 cm³/mol. The van der Waals surface area contributed by atoms with Crippen LogP contribution in [0.3, 0.4) is 0 Å². The SMILES string of the molecule is C/C(=N\N=C(N)N)c1sc(-c2ccc(OCCCN3CCCC3)cc2)nc1C. The molecule has 28 heavy (non-hydrogen) atoms. The molecular formula is C20H28N6OS. The monoisotopic (exact) mass is 400 g/mol. The molecule has 2 aromatic rings. The van der Waals surface area contributed by atoms with E-state index in [-0.39, 0.29) is 5.96 Å². The van der Waals surface area contributed by atoms with Crippen LogP contribution in [-0.4, -0.2) is 47.8 Å². The van der Waals surface area contributed by atoms with Crippen LogP contribution in [0.25, 0.3) is 10.6 Å². The quantitative estimate of drug-likeness (QED) is 0.307. The molecule has 0 bridgehead atoms. The number of nitrogens with two attached hydrogens (primary N) is 2. The highest BCUT2D eigenvalue weighted by molar-refractivity contribution is 7.17. The Hall–Kier alpha value is -2.45. The van der Waals surface area contributed by atoms with E-state index >= 15 is 0 Å². The summed E-state index contributed by atoms with van der Waals surface area (Å²) in [6.07, 6.45) is 3.73. The Morgan fingerprint density at radius 2 is 1.89 bits per heavy atom. The molecule has 0 atom stereocenters. The maximum Gasteiger partial charge on any atom is 0.211 e. The molecule has 1 aromatic heterocycles. The van der Waals surface area contributed by atoms with Crippen LogP contribution in [-0.2, 0) is 0 Å². The number of aryl methyl sites for hydroxylation is 1. The van der Waals surface area contributed by atoms with E-state index in [1.54, 1.807) is 11.3 Å². The minimum absolute atomic E-state index is 0.0576. The molecule has 1 saturated heterocycles. The molecule has 8 heteroatoms. The number of aromatic nitrogens is 1. The van der Waals surface area contributed by atoms with Crippen LogP contribution in [0, 0.1) is 6.92 Å². The lowest BCUT2D eigenvalue weighted by Crippen LogP contribution is -2.22. The van der Waals surface area contributed by atoms with E-state index < -0.39 is 0 Å². The number of ether oxygens (including phenoxy) is 1. The van der Waals surface area contributed by atoms with Gasteiger partial charge in [-0.3, -0.25) is 0 Å². The summed E-state index contributed by atoms with van der Waals surface area (Å²) >= 11 is 1.57. The van der Waals surface area contributed by atoms with Gasteiger partial charge in [-0.05, 0) is 70.5 Å². The third-order valence-corrected chi connectivity index (χ3v) is 5.94. The van der Waals surface area contributed by atoms with Gasteiger partial charge in [-0.1, -0.05) is 0 Å². The lowest BCUT2D eigenvalue weighted by atomic mass is 10.2. The Kier molecular flexibility index (Phi) is 7.00. The molecule has 0 amide bonds. The number of thiazole rings is 1. The van der Waals surface area contributed by atoms with Crippen molar-refractivity contribution in [2.45, 2.75) is 33.1 Å². The molecular weight excluding hydrogens is 372 g/mol. The van der Waals surface area contributed by atoms with E-state index in [9.17, 15) is 0 Å². The lowest BCUT2D eigenvalue weighted by Gasteiger charge is -2.14. The molecule has 1 aliphatic rings. The van der Waals surface area contributed by atoms with Crippen LogP contribution < -0.4 is 16.2 Å². The molecule has 7 nitrogen and oxygen atoms in total. The van der Waals surface area contributed by atoms with Crippen LogP contribution >= 0.6 is 11.3 Å². The maximum absolute atomic E-state index is 5.88. The first-order chi connectivity index (χ1) is 13.5. The minimum atomic E-state index is -0.0576. The molecule has 150 valence electrons. The number of hydrogen-bond acceptors (Lipinski definition) is 6. The fourth-order valence-electron chi connectivity index (χ4n) is 3.21. The summed E-state index contributed by atoms with van der Waals surface area (Å²) in [6.45, 7) is 8.18. The molecule has 1 aliphatic heterocycles. The van der Waals surface area contributed by atoms with Crippen LogP contribution in [0.1, 0.15) is 36.8 Å². The second kappa shape index (κ2) is 9.66. The predicted octanol–water partition coefficient (Wildman–Crippen LogP) is 2.98. The van der Waals surface area contributed by atoms with Crippen molar-refractivity contribution in [3.8, 4) is 16.3 Å². The third-order valence-electron chi connectivity index (χ3n) is 4.63. The van der Waals surface area contributed by atoms with Gasteiger partial charge in [0.05, 0.1) is 22.9 Å². The number of guanidine groups is 1. The van der Waals surface area contributed by atoms with Gasteiger partial charge in [-0.15, -0.1) is 16.4 Å². The molecule has 1 fully saturated rings. The Balaban J connectivity index is 1.58. The molecule has 0 unspecified atom stereocenters. The first-order valence-corrected chi connectivity index (χ1v) is 10.4. The highest BCUT2D eigenvalue weighted by atomic mass is 32.1. The van der Waals surface area contributed by atoms with E-state index in [1.807, 2.05) is 38.1 Å². The molecule has 0 spiro atoms. The Morgan fingerprint density at radius 1 is 1.18 bits per heavy atom. The molecule has 0 radical (unpaired) electrons. The van der Waals surface area contributed by atoms with Crippen molar-refractivity contribution in [3.63, 3.8) is 0 Å². The van der Waals surface area contributed by atoms with Crippen molar-refractivity contribution in [2.75, 3.05) is 26.2 Å². The maximum atomic E-state index is 5.88. The van der Waals surface area contributed by atoms with Gasteiger partial charge in [0, 0.05) is 12.1 Å². The van der Waals surface area contributed by atoms with Crippen LogP contribution in [0.15, 0.2) is 34.5 Å². The topological polar surface area (TPSA) is 102 Å². The van der Waals surface area contributed by atoms with Crippen molar-refractivity contribution < 1.29 is 4.74 Å². The standard InChI is InChI=1S/C20H28N6OS/c1-14-18(15(2)24-25-20(21)22)28-19(23-14)16-6-8-17(9-7-16)27-13-5-12-26-10-3-4-11-26/h6-9H,3-5,10-13H2,1-2H3,(H4,21,22,25)/b24-15+. The van der Waals surface area contributed by atoms with Crippen molar-refractivity contribution in [3.05, 3.63) is 34.8 Å².